The summed E-state index contributed by atoms with van der Waals surface area (Å²) in [6.45, 7) is 3.20. The van der Waals surface area contributed by atoms with Crippen LogP contribution in [-0.2, 0) is 9.53 Å². The number of rotatable bonds is 4. The molecule has 1 aliphatic heterocycles. The highest BCUT2D eigenvalue weighted by molar-refractivity contribution is 5.79. The van der Waals surface area contributed by atoms with E-state index < -0.39 is 0 Å². The number of amides is 1. The summed E-state index contributed by atoms with van der Waals surface area (Å²) in [5.74, 6) is -0.241. The lowest BCUT2D eigenvalue weighted by Gasteiger charge is -2.21. The molecule has 2 rings (SSSR count). The minimum absolute atomic E-state index is 0.00172. The monoisotopic (exact) mass is 248 g/mol. The van der Waals surface area contributed by atoms with E-state index in [9.17, 15) is 4.79 Å². The Morgan fingerprint density at radius 3 is 2.78 bits per heavy atom. The Morgan fingerprint density at radius 1 is 1.44 bits per heavy atom. The van der Waals surface area contributed by atoms with E-state index in [-0.39, 0.29) is 23.9 Å². The molecule has 1 aromatic rings. The highest BCUT2D eigenvalue weighted by Gasteiger charge is 2.25. The first-order valence-corrected chi connectivity index (χ1v) is 6.37. The SMILES string of the molecule is CC(C(=O)NC1CCOC1)C(N)c1ccccc1. The van der Waals surface area contributed by atoms with Gasteiger partial charge in [-0.05, 0) is 12.0 Å². The summed E-state index contributed by atoms with van der Waals surface area (Å²) in [6, 6.07) is 9.59. The fourth-order valence-electron chi connectivity index (χ4n) is 2.11. The number of benzene rings is 1. The van der Waals surface area contributed by atoms with Crippen LogP contribution in [0.1, 0.15) is 24.9 Å². The predicted octanol–water partition coefficient (Wildman–Crippen LogP) is 1.23. The molecule has 1 aliphatic rings. The molecule has 0 radical (unpaired) electrons. The zero-order valence-corrected chi connectivity index (χ0v) is 10.6. The Bertz CT molecular complexity index is 388. The number of carbonyl (C=O) groups is 1. The van der Waals surface area contributed by atoms with Gasteiger partial charge in [-0.2, -0.15) is 0 Å². The van der Waals surface area contributed by atoms with Crippen molar-refractivity contribution in [2.75, 3.05) is 13.2 Å². The predicted molar refractivity (Wildman–Crippen MR) is 69.9 cm³/mol. The maximum absolute atomic E-state index is 12.1. The van der Waals surface area contributed by atoms with E-state index in [2.05, 4.69) is 5.32 Å². The molecule has 0 aliphatic carbocycles. The van der Waals surface area contributed by atoms with Crippen LogP contribution in [0.2, 0.25) is 0 Å². The maximum atomic E-state index is 12.1. The van der Waals surface area contributed by atoms with Crippen molar-refractivity contribution in [3.8, 4) is 0 Å². The van der Waals surface area contributed by atoms with Crippen LogP contribution in [0.25, 0.3) is 0 Å². The Balaban J connectivity index is 1.93. The maximum Gasteiger partial charge on any atom is 0.225 e. The number of ether oxygens (including phenoxy) is 1. The van der Waals surface area contributed by atoms with Crippen LogP contribution in [0.5, 0.6) is 0 Å². The summed E-state index contributed by atoms with van der Waals surface area (Å²) < 4.78 is 5.24. The Hall–Kier alpha value is -1.39. The third-order valence-electron chi connectivity index (χ3n) is 3.41. The molecule has 4 heteroatoms. The summed E-state index contributed by atoms with van der Waals surface area (Å²) in [5.41, 5.74) is 7.11. The van der Waals surface area contributed by atoms with Crippen molar-refractivity contribution in [1.29, 1.82) is 0 Å². The molecule has 1 saturated heterocycles. The topological polar surface area (TPSA) is 64.3 Å². The molecule has 0 spiro atoms. The van der Waals surface area contributed by atoms with Gasteiger partial charge in [-0.25, -0.2) is 0 Å². The van der Waals surface area contributed by atoms with Crippen LogP contribution in [0.3, 0.4) is 0 Å². The Morgan fingerprint density at radius 2 is 2.17 bits per heavy atom. The molecule has 3 unspecified atom stereocenters. The van der Waals surface area contributed by atoms with E-state index in [1.165, 1.54) is 0 Å². The molecule has 4 nitrogen and oxygen atoms in total. The smallest absolute Gasteiger partial charge is 0.225 e. The first-order valence-electron chi connectivity index (χ1n) is 6.37. The van der Waals surface area contributed by atoms with E-state index in [1.54, 1.807) is 0 Å². The number of nitrogens with two attached hydrogens (primary N) is 1. The molecule has 3 atom stereocenters. The second-order valence-corrected chi connectivity index (χ2v) is 4.79. The van der Waals surface area contributed by atoms with Gasteiger partial charge in [-0.3, -0.25) is 4.79 Å². The minimum atomic E-state index is -0.270. The van der Waals surface area contributed by atoms with Crippen LogP contribution in [0, 0.1) is 5.92 Å². The highest BCUT2D eigenvalue weighted by atomic mass is 16.5. The average molecular weight is 248 g/mol. The summed E-state index contributed by atoms with van der Waals surface area (Å²) in [5, 5.41) is 2.99. The molecule has 98 valence electrons. The quantitative estimate of drug-likeness (QED) is 0.842. The second-order valence-electron chi connectivity index (χ2n) is 4.79. The molecule has 1 heterocycles. The lowest BCUT2D eigenvalue weighted by molar-refractivity contribution is -0.125. The molecule has 18 heavy (non-hydrogen) atoms. The van der Waals surface area contributed by atoms with Crippen LogP contribution in [0.15, 0.2) is 30.3 Å². The molecule has 1 amide bonds. The molecule has 0 aromatic heterocycles. The normalized spacial score (nSPS) is 22.4. The lowest BCUT2D eigenvalue weighted by atomic mass is 9.94. The van der Waals surface area contributed by atoms with Crippen molar-refractivity contribution in [2.24, 2.45) is 11.7 Å². The second kappa shape index (κ2) is 5.98. The largest absolute Gasteiger partial charge is 0.379 e. The number of hydrogen-bond donors (Lipinski definition) is 2. The van der Waals surface area contributed by atoms with Crippen LogP contribution >= 0.6 is 0 Å². The van der Waals surface area contributed by atoms with Crippen molar-refractivity contribution >= 4 is 5.91 Å². The lowest BCUT2D eigenvalue weighted by Crippen LogP contribution is -2.41. The standard InChI is InChI=1S/C14H20N2O2/c1-10(13(15)11-5-3-2-4-6-11)14(17)16-12-7-8-18-9-12/h2-6,10,12-13H,7-9,15H2,1H3,(H,16,17). The summed E-state index contributed by atoms with van der Waals surface area (Å²) in [6.07, 6.45) is 0.888. The van der Waals surface area contributed by atoms with E-state index in [0.717, 1.165) is 18.6 Å². The van der Waals surface area contributed by atoms with Gasteiger partial charge in [-0.15, -0.1) is 0 Å². The highest BCUT2D eigenvalue weighted by Crippen LogP contribution is 2.19. The van der Waals surface area contributed by atoms with Crippen molar-refractivity contribution in [2.45, 2.75) is 25.4 Å². The number of hydrogen-bond acceptors (Lipinski definition) is 3. The molecule has 0 bridgehead atoms. The minimum Gasteiger partial charge on any atom is -0.379 e. The van der Waals surface area contributed by atoms with E-state index >= 15 is 0 Å². The van der Waals surface area contributed by atoms with E-state index in [4.69, 9.17) is 10.5 Å². The van der Waals surface area contributed by atoms with Crippen molar-refractivity contribution < 1.29 is 9.53 Å². The van der Waals surface area contributed by atoms with Crippen LogP contribution in [0.4, 0.5) is 0 Å². The van der Waals surface area contributed by atoms with E-state index in [0.29, 0.717) is 6.61 Å². The van der Waals surface area contributed by atoms with Gasteiger partial charge < -0.3 is 15.8 Å². The fourth-order valence-corrected chi connectivity index (χ4v) is 2.11. The summed E-state index contributed by atoms with van der Waals surface area (Å²) in [7, 11) is 0. The average Bonchev–Trinajstić information content (AvgIpc) is 2.91. The zero-order chi connectivity index (χ0) is 13.0. The third kappa shape index (κ3) is 3.09. The fraction of sp³-hybridized carbons (Fsp3) is 0.500. The molecule has 0 saturated carbocycles. The van der Waals surface area contributed by atoms with Crippen molar-refractivity contribution in [1.82, 2.24) is 5.32 Å². The van der Waals surface area contributed by atoms with Crippen molar-refractivity contribution in [3.63, 3.8) is 0 Å². The summed E-state index contributed by atoms with van der Waals surface area (Å²) >= 11 is 0. The van der Waals surface area contributed by atoms with Gasteiger partial charge in [0.1, 0.15) is 0 Å². The Kier molecular flexibility index (Phi) is 4.33. The van der Waals surface area contributed by atoms with Gasteiger partial charge in [0.15, 0.2) is 0 Å². The van der Waals surface area contributed by atoms with Gasteiger partial charge in [0.25, 0.3) is 0 Å². The molecule has 1 fully saturated rings. The molecule has 3 N–H and O–H groups in total. The van der Waals surface area contributed by atoms with Gasteiger partial charge >= 0.3 is 0 Å². The third-order valence-corrected chi connectivity index (χ3v) is 3.41. The molecular weight excluding hydrogens is 228 g/mol. The number of carbonyl (C=O) groups excluding carboxylic acids is 1. The van der Waals surface area contributed by atoms with Crippen molar-refractivity contribution in [3.05, 3.63) is 35.9 Å². The molecular formula is C14H20N2O2. The summed E-state index contributed by atoms with van der Waals surface area (Å²) in [4.78, 5) is 12.1. The van der Waals surface area contributed by atoms with Crippen LogP contribution < -0.4 is 11.1 Å². The first-order chi connectivity index (χ1) is 8.68. The Labute approximate surface area is 108 Å². The van der Waals surface area contributed by atoms with Gasteiger partial charge in [-0.1, -0.05) is 37.3 Å². The van der Waals surface area contributed by atoms with Crippen LogP contribution in [-0.4, -0.2) is 25.2 Å². The van der Waals surface area contributed by atoms with Gasteiger partial charge in [0.05, 0.1) is 18.6 Å². The number of nitrogens with one attached hydrogen (secondary N) is 1. The van der Waals surface area contributed by atoms with E-state index in [1.807, 2.05) is 37.3 Å². The zero-order valence-electron chi connectivity index (χ0n) is 10.6. The van der Waals surface area contributed by atoms with Gasteiger partial charge in [0, 0.05) is 12.6 Å². The first kappa shape index (κ1) is 13.1. The van der Waals surface area contributed by atoms with Gasteiger partial charge in [0.2, 0.25) is 5.91 Å². The molecule has 1 aromatic carbocycles.